The molecule has 0 spiro atoms. The highest BCUT2D eigenvalue weighted by Crippen LogP contribution is 2.55. The molecule has 0 bridgehead atoms. The van der Waals surface area contributed by atoms with Gasteiger partial charge < -0.3 is 10.1 Å². The van der Waals surface area contributed by atoms with Crippen LogP contribution < -0.4 is 5.32 Å². The summed E-state index contributed by atoms with van der Waals surface area (Å²) in [5.41, 5.74) is -2.82. The number of anilines is 1. The molecule has 1 aliphatic rings. The van der Waals surface area contributed by atoms with Gasteiger partial charge in [-0.3, -0.25) is 4.79 Å². The molecule has 4 heterocycles. The minimum absolute atomic E-state index is 0.0250. The summed E-state index contributed by atoms with van der Waals surface area (Å²) < 4.78 is 49.9. The quantitative estimate of drug-likeness (QED) is 0.419. The van der Waals surface area contributed by atoms with Gasteiger partial charge in [0.1, 0.15) is 0 Å². The topological polar surface area (TPSA) is 112 Å². The molecule has 0 aliphatic heterocycles. The molecular weight excluding hydrogens is 512 g/mol. The SMILES string of the molecule is CCO[C@]1(C(F)(F)F)C[C@@H](C(=O)Nc2cnc(-n3nccn3)c(Cl)c2)c2cnc3cc(Cl)nn3c21. The summed E-state index contributed by atoms with van der Waals surface area (Å²) in [5.74, 6) is -1.76. The number of fused-ring (bicyclic) bond motifs is 3. The molecule has 1 amide bonds. The van der Waals surface area contributed by atoms with Crippen LogP contribution >= 0.6 is 23.2 Å². The summed E-state index contributed by atoms with van der Waals surface area (Å²) in [6.45, 7) is 1.19. The van der Waals surface area contributed by atoms with Crippen molar-refractivity contribution in [3.05, 3.63) is 58.4 Å². The second kappa shape index (κ2) is 8.43. The fraction of sp³-hybridized carbons (Fsp3) is 0.300. The van der Waals surface area contributed by atoms with Gasteiger partial charge in [-0.25, -0.2) is 14.5 Å². The van der Waals surface area contributed by atoms with E-state index in [4.69, 9.17) is 27.9 Å². The molecule has 0 unspecified atom stereocenters. The number of nitrogens with one attached hydrogen (secondary N) is 1. The lowest BCUT2D eigenvalue weighted by Gasteiger charge is -2.32. The molecule has 1 aliphatic carbocycles. The smallest absolute Gasteiger partial charge is 0.360 e. The number of aromatic nitrogens is 7. The number of carbonyl (C=O) groups is 1. The van der Waals surface area contributed by atoms with Crippen molar-refractivity contribution in [1.29, 1.82) is 0 Å². The van der Waals surface area contributed by atoms with E-state index in [1.807, 2.05) is 0 Å². The lowest BCUT2D eigenvalue weighted by atomic mass is 9.96. The van der Waals surface area contributed by atoms with Gasteiger partial charge in [-0.1, -0.05) is 23.2 Å². The first-order valence-corrected chi connectivity index (χ1v) is 11.0. The van der Waals surface area contributed by atoms with Crippen molar-refractivity contribution in [3.8, 4) is 5.82 Å². The molecule has 182 valence electrons. The highest BCUT2D eigenvalue weighted by molar-refractivity contribution is 6.32. The number of halogens is 5. The molecule has 0 fully saturated rings. The zero-order chi connectivity index (χ0) is 25.0. The third-order valence-electron chi connectivity index (χ3n) is 5.59. The van der Waals surface area contributed by atoms with Gasteiger partial charge in [0.05, 0.1) is 40.9 Å². The maximum Gasteiger partial charge on any atom is 0.423 e. The predicted octanol–water partition coefficient (Wildman–Crippen LogP) is 3.93. The summed E-state index contributed by atoms with van der Waals surface area (Å²) >= 11 is 12.2. The van der Waals surface area contributed by atoms with E-state index in [1.165, 1.54) is 48.6 Å². The third-order valence-corrected chi connectivity index (χ3v) is 6.06. The van der Waals surface area contributed by atoms with Crippen LogP contribution in [-0.2, 0) is 15.1 Å². The van der Waals surface area contributed by atoms with Crippen LogP contribution in [0.3, 0.4) is 0 Å². The molecule has 0 saturated carbocycles. The number of hydrogen-bond acceptors (Lipinski definition) is 7. The van der Waals surface area contributed by atoms with Gasteiger partial charge >= 0.3 is 6.18 Å². The average molecular weight is 527 g/mol. The first-order chi connectivity index (χ1) is 16.6. The maximum atomic E-state index is 14.5. The van der Waals surface area contributed by atoms with Crippen molar-refractivity contribution in [2.45, 2.75) is 31.0 Å². The second-order valence-electron chi connectivity index (χ2n) is 7.65. The Kier molecular flexibility index (Phi) is 5.65. The van der Waals surface area contributed by atoms with E-state index in [0.717, 1.165) is 4.52 Å². The zero-order valence-electron chi connectivity index (χ0n) is 17.8. The zero-order valence-corrected chi connectivity index (χ0v) is 19.3. The van der Waals surface area contributed by atoms with Crippen LogP contribution in [0.1, 0.15) is 30.5 Å². The van der Waals surface area contributed by atoms with Crippen LogP contribution in [0.5, 0.6) is 0 Å². The van der Waals surface area contributed by atoms with Gasteiger partial charge in [0, 0.05) is 30.9 Å². The molecule has 4 aromatic heterocycles. The fourth-order valence-corrected chi connectivity index (χ4v) is 4.63. The van der Waals surface area contributed by atoms with E-state index in [1.54, 1.807) is 0 Å². The van der Waals surface area contributed by atoms with Crippen molar-refractivity contribution >= 4 is 40.4 Å². The summed E-state index contributed by atoms with van der Waals surface area (Å²) in [6, 6.07) is 2.72. The van der Waals surface area contributed by atoms with Crippen molar-refractivity contribution in [1.82, 2.24) is 34.6 Å². The third kappa shape index (κ3) is 3.79. The van der Waals surface area contributed by atoms with E-state index in [2.05, 4.69) is 30.6 Å². The first-order valence-electron chi connectivity index (χ1n) is 10.2. The highest BCUT2D eigenvalue weighted by atomic mass is 35.5. The Labute approximate surface area is 205 Å². The summed E-state index contributed by atoms with van der Waals surface area (Å²) in [7, 11) is 0. The normalized spacial score (nSPS) is 19.8. The van der Waals surface area contributed by atoms with Gasteiger partial charge in [0.2, 0.25) is 11.5 Å². The lowest BCUT2D eigenvalue weighted by molar-refractivity contribution is -0.285. The van der Waals surface area contributed by atoms with E-state index in [9.17, 15) is 18.0 Å². The fourth-order valence-electron chi connectivity index (χ4n) is 4.21. The van der Waals surface area contributed by atoms with Crippen LogP contribution in [0, 0.1) is 0 Å². The Balaban J connectivity index is 1.54. The molecular formula is C20H15Cl2F3N8O2. The van der Waals surface area contributed by atoms with Gasteiger partial charge in [0.25, 0.3) is 0 Å². The number of pyridine rings is 1. The Morgan fingerprint density at radius 2 is 1.97 bits per heavy atom. The highest BCUT2D eigenvalue weighted by Gasteiger charge is 2.65. The minimum Gasteiger partial charge on any atom is -0.360 e. The van der Waals surface area contributed by atoms with Gasteiger partial charge in [-0.2, -0.15) is 28.5 Å². The number of nitrogens with zero attached hydrogens (tertiary/aromatic N) is 7. The number of hydrogen-bond donors (Lipinski definition) is 1. The van der Waals surface area contributed by atoms with Crippen molar-refractivity contribution in [2.75, 3.05) is 11.9 Å². The molecule has 35 heavy (non-hydrogen) atoms. The largest absolute Gasteiger partial charge is 0.423 e. The number of rotatable bonds is 5. The van der Waals surface area contributed by atoms with Crippen LogP contribution in [-0.4, -0.2) is 53.3 Å². The number of amides is 1. The number of ether oxygens (including phenoxy) is 1. The van der Waals surface area contributed by atoms with Crippen LogP contribution in [0.15, 0.2) is 36.9 Å². The molecule has 10 nitrogen and oxygen atoms in total. The van der Waals surface area contributed by atoms with E-state index in [-0.39, 0.29) is 45.2 Å². The molecule has 15 heteroatoms. The van der Waals surface area contributed by atoms with Gasteiger partial charge in [-0.05, 0) is 13.0 Å². The van der Waals surface area contributed by atoms with Crippen molar-refractivity contribution < 1.29 is 22.7 Å². The van der Waals surface area contributed by atoms with E-state index >= 15 is 0 Å². The summed E-state index contributed by atoms with van der Waals surface area (Å²) in [5, 5.41) is 14.5. The minimum atomic E-state index is -4.86. The molecule has 0 aromatic carbocycles. The Hall–Kier alpha value is -3.29. The molecule has 4 aromatic rings. The Bertz CT molecular complexity index is 1430. The second-order valence-corrected chi connectivity index (χ2v) is 8.45. The Morgan fingerprint density at radius 1 is 1.23 bits per heavy atom. The van der Waals surface area contributed by atoms with Crippen LogP contribution in [0.4, 0.5) is 18.9 Å². The van der Waals surface area contributed by atoms with Crippen LogP contribution in [0.2, 0.25) is 10.2 Å². The summed E-state index contributed by atoms with van der Waals surface area (Å²) in [6.07, 6.45) is -0.171. The first kappa shape index (κ1) is 23.5. The predicted molar refractivity (Wildman–Crippen MR) is 118 cm³/mol. The maximum absolute atomic E-state index is 14.5. The average Bonchev–Trinajstić information content (AvgIpc) is 3.50. The van der Waals surface area contributed by atoms with Crippen LogP contribution in [0.25, 0.3) is 11.5 Å². The molecule has 2 atom stereocenters. The van der Waals surface area contributed by atoms with Gasteiger partial charge in [0.15, 0.2) is 16.6 Å². The number of alkyl halides is 3. The standard InChI is InChI=1S/C20H15Cl2F3N8O2/c1-2-35-19(20(23,24)25)7-11(12-9-26-15-6-14(22)31-32(15)16(12)19)18(34)30-10-5-13(21)17(27-8-10)33-28-3-4-29-33/h3-6,8-9,11H,2,7H2,1H3,(H,30,34)/t11-,19-/m1/s1. The van der Waals surface area contributed by atoms with Crippen molar-refractivity contribution in [2.24, 2.45) is 0 Å². The van der Waals surface area contributed by atoms with E-state index < -0.39 is 30.0 Å². The summed E-state index contributed by atoms with van der Waals surface area (Å²) in [4.78, 5) is 22.7. The monoisotopic (exact) mass is 526 g/mol. The molecule has 5 rings (SSSR count). The van der Waals surface area contributed by atoms with Crippen molar-refractivity contribution in [3.63, 3.8) is 0 Å². The Morgan fingerprint density at radius 3 is 2.63 bits per heavy atom. The molecule has 1 N–H and O–H groups in total. The van der Waals surface area contributed by atoms with Gasteiger partial charge in [-0.15, -0.1) is 4.80 Å². The molecule has 0 radical (unpaired) electrons. The lowest BCUT2D eigenvalue weighted by Crippen LogP contribution is -2.45. The molecule has 0 saturated heterocycles. The number of carbonyl (C=O) groups excluding carboxylic acids is 1. The van der Waals surface area contributed by atoms with E-state index in [0.29, 0.717) is 0 Å².